The molecule has 428 valence electrons. The van der Waals surface area contributed by atoms with Crippen LogP contribution in [-0.2, 0) is 48.1 Å². The van der Waals surface area contributed by atoms with E-state index in [1.54, 1.807) is 12.1 Å². The standard InChI is InChI=1S/C17H22N.2C16H20N.C15H18N.C14H16N/c1-13(2)11-15-8-9-16(14(3)12-15)17-7-5-6-10-18(17)4;1-12(2)14-10-7-11-17(4)16(14)15-9-6-5-8-13(15)3;1-12(2)14-8-9-15(13(3)11-14)16-7-5-6-10-17(16)4;1-4-13-8-9-14(12(2)11-13)15-7-5-6-10-16(15)3;1-11-7-8-13(12(2)10-11)14-6-4-5-9-15(14)3/h5-10,12-13H,11H2,1-4H3;2*5-12H,1-4H3;5-11H,4H2,1-3H3;4-10H,1-3H3/q5*+1/i;1D3,12D;;;. The number of aryl methyl sites for hydroxylation is 12. The molecule has 0 saturated carbocycles. The third kappa shape index (κ3) is 17.7. The van der Waals surface area contributed by atoms with Crippen LogP contribution in [0.25, 0.3) is 56.3 Å². The molecule has 0 spiro atoms. The molecule has 0 aliphatic rings. The maximum absolute atomic E-state index is 8.40. The van der Waals surface area contributed by atoms with Crippen LogP contribution in [0.15, 0.2) is 213 Å². The summed E-state index contributed by atoms with van der Waals surface area (Å²) < 4.78 is 42.0. The van der Waals surface area contributed by atoms with Crippen molar-refractivity contribution in [2.24, 2.45) is 41.2 Å². The Morgan fingerprint density at radius 1 is 0.386 bits per heavy atom. The van der Waals surface area contributed by atoms with Crippen molar-refractivity contribution >= 4 is 0 Å². The highest BCUT2D eigenvalue weighted by Gasteiger charge is 2.20. The Kier molecular flexibility index (Phi) is 21.5. The topological polar surface area (TPSA) is 19.4 Å². The quantitative estimate of drug-likeness (QED) is 0.122. The predicted molar refractivity (Wildman–Crippen MR) is 350 cm³/mol. The van der Waals surface area contributed by atoms with Crippen molar-refractivity contribution in [3.8, 4) is 56.3 Å². The number of aromatic nitrogens is 5. The Balaban J connectivity index is 0.000000174. The molecule has 10 rings (SSSR count). The van der Waals surface area contributed by atoms with Gasteiger partial charge in [-0.15, -0.1) is 0 Å². The average molecular weight is 1110 g/mol. The van der Waals surface area contributed by atoms with Gasteiger partial charge in [-0.1, -0.05) is 121 Å². The molecule has 5 heteroatoms. The number of hydrogen-bond acceptors (Lipinski definition) is 0. The van der Waals surface area contributed by atoms with Crippen molar-refractivity contribution in [2.75, 3.05) is 0 Å². The van der Waals surface area contributed by atoms with Gasteiger partial charge in [0.25, 0.3) is 0 Å². The maximum Gasteiger partial charge on any atom is 0.215 e. The summed E-state index contributed by atoms with van der Waals surface area (Å²) in [6, 6.07) is 63.5. The van der Waals surface area contributed by atoms with Gasteiger partial charge in [0.15, 0.2) is 31.0 Å². The Hall–Kier alpha value is -8.15. The number of pyridine rings is 5. The van der Waals surface area contributed by atoms with Crippen molar-refractivity contribution in [1.82, 2.24) is 0 Å². The lowest BCUT2D eigenvalue weighted by atomic mass is 9.94. The zero-order valence-electron chi connectivity index (χ0n) is 57.0. The number of hydrogen-bond donors (Lipinski definition) is 0. The van der Waals surface area contributed by atoms with Crippen molar-refractivity contribution in [3.05, 3.63) is 269 Å². The third-order valence-electron chi connectivity index (χ3n) is 15.2. The normalized spacial score (nSPS) is 12.3. The second kappa shape index (κ2) is 30.8. The van der Waals surface area contributed by atoms with Gasteiger partial charge < -0.3 is 0 Å². The fraction of sp³-hybridized carbons (Fsp3) is 0.295. The molecule has 1 unspecified atom stereocenters. The van der Waals surface area contributed by atoms with Gasteiger partial charge in [0, 0.05) is 93.5 Å². The summed E-state index contributed by atoms with van der Waals surface area (Å²) in [7, 11) is 10.2. The smallest absolute Gasteiger partial charge is 0.201 e. The first-order chi connectivity index (χ1) is 41.2. The van der Waals surface area contributed by atoms with Crippen molar-refractivity contribution < 1.29 is 28.3 Å². The van der Waals surface area contributed by atoms with Gasteiger partial charge in [0.1, 0.15) is 35.2 Å². The van der Waals surface area contributed by atoms with E-state index in [-0.39, 0.29) is 0 Å². The van der Waals surface area contributed by atoms with Crippen molar-refractivity contribution in [2.45, 2.75) is 115 Å². The van der Waals surface area contributed by atoms with E-state index in [4.69, 9.17) is 5.48 Å². The molecular formula is C78H96N5+5. The number of benzene rings is 5. The van der Waals surface area contributed by atoms with E-state index in [1.807, 2.05) is 55.1 Å². The fourth-order valence-corrected chi connectivity index (χ4v) is 10.6. The van der Waals surface area contributed by atoms with Crippen molar-refractivity contribution in [3.63, 3.8) is 0 Å². The molecule has 5 nitrogen and oxygen atoms in total. The van der Waals surface area contributed by atoms with E-state index < -0.39 is 12.7 Å². The summed E-state index contributed by atoms with van der Waals surface area (Å²) in [5, 5.41) is 0. The van der Waals surface area contributed by atoms with Gasteiger partial charge in [0.2, 0.25) is 28.5 Å². The highest BCUT2D eigenvalue weighted by atomic mass is 14.9. The highest BCUT2D eigenvalue weighted by molar-refractivity contribution is 5.66. The molecule has 0 aliphatic carbocycles. The second-order valence-electron chi connectivity index (χ2n) is 22.9. The molecule has 5 aromatic heterocycles. The Bertz CT molecular complexity index is 3890. The lowest BCUT2D eigenvalue weighted by Gasteiger charge is -2.11. The largest absolute Gasteiger partial charge is 0.215 e. The van der Waals surface area contributed by atoms with Crippen LogP contribution in [0.2, 0.25) is 0 Å². The fourth-order valence-electron chi connectivity index (χ4n) is 10.6. The summed E-state index contributed by atoms with van der Waals surface area (Å²) in [6.07, 6.45) is 12.5. The Morgan fingerprint density at radius 3 is 1.20 bits per heavy atom. The second-order valence-corrected chi connectivity index (χ2v) is 22.9. The van der Waals surface area contributed by atoms with E-state index in [2.05, 4.69) is 280 Å². The van der Waals surface area contributed by atoms with E-state index in [0.29, 0.717) is 17.4 Å². The number of rotatable bonds is 10. The van der Waals surface area contributed by atoms with Crippen LogP contribution in [0.1, 0.15) is 121 Å². The van der Waals surface area contributed by atoms with Gasteiger partial charge in [-0.2, -0.15) is 0 Å². The van der Waals surface area contributed by atoms with Crippen LogP contribution in [0.4, 0.5) is 0 Å². The van der Waals surface area contributed by atoms with Gasteiger partial charge in [-0.3, -0.25) is 0 Å². The molecule has 0 saturated heterocycles. The zero-order chi connectivity index (χ0) is 63.8. The molecule has 5 aromatic carbocycles. The molecule has 10 aromatic rings. The zero-order valence-corrected chi connectivity index (χ0v) is 53.0. The first kappa shape index (κ1) is 58.1. The summed E-state index contributed by atoms with van der Waals surface area (Å²) >= 11 is 0. The lowest BCUT2D eigenvalue weighted by Crippen LogP contribution is -2.32. The van der Waals surface area contributed by atoms with E-state index in [1.165, 1.54) is 96.5 Å². The van der Waals surface area contributed by atoms with E-state index >= 15 is 0 Å². The molecule has 83 heavy (non-hydrogen) atoms. The summed E-state index contributed by atoms with van der Waals surface area (Å²) in [5.41, 5.74) is 24.6. The van der Waals surface area contributed by atoms with Crippen LogP contribution in [0, 0.1) is 47.5 Å². The van der Waals surface area contributed by atoms with Crippen LogP contribution in [0.5, 0.6) is 0 Å². The minimum Gasteiger partial charge on any atom is -0.201 e. The SMILES string of the molecule is CCc1ccc(-c2cccc[n+]2C)c(C)c1.Cc1cc(C(C)C)ccc1-c1cccc[n+]1C.Cc1cc(CC(C)C)ccc1-c1cccc[n+]1C.Cc1ccc(-c2cccc[n+]2C)c(C)c1.[2H]C([2H])([2H])C([2H])(C)c1ccc[n+](C)c1-c1ccccc1C. The van der Waals surface area contributed by atoms with Gasteiger partial charge in [-0.25, -0.2) is 22.8 Å². The van der Waals surface area contributed by atoms with E-state index in [0.717, 1.165) is 29.7 Å². The lowest BCUT2D eigenvalue weighted by molar-refractivity contribution is -0.660. The molecule has 0 fully saturated rings. The monoisotopic (exact) mass is 1110 g/mol. The molecule has 0 amide bonds. The van der Waals surface area contributed by atoms with Crippen LogP contribution in [0.3, 0.4) is 0 Å². The average Bonchev–Trinajstić information content (AvgIpc) is 1.14. The molecule has 0 bridgehead atoms. The Morgan fingerprint density at radius 2 is 0.795 bits per heavy atom. The molecule has 0 radical (unpaired) electrons. The Labute approximate surface area is 506 Å². The summed E-state index contributed by atoms with van der Waals surface area (Å²) in [6.45, 7) is 23.1. The molecular weight excluding hydrogens is 1010 g/mol. The first-order valence-corrected chi connectivity index (χ1v) is 29.5. The molecule has 5 heterocycles. The third-order valence-corrected chi connectivity index (χ3v) is 15.2. The highest BCUT2D eigenvalue weighted by Crippen LogP contribution is 2.29. The summed E-state index contributed by atoms with van der Waals surface area (Å²) in [5.74, 6) is -0.362. The summed E-state index contributed by atoms with van der Waals surface area (Å²) in [4.78, 5) is 0. The van der Waals surface area contributed by atoms with Crippen molar-refractivity contribution in [1.29, 1.82) is 0 Å². The van der Waals surface area contributed by atoms with Crippen LogP contribution < -0.4 is 22.8 Å². The van der Waals surface area contributed by atoms with Crippen LogP contribution in [-0.4, -0.2) is 0 Å². The molecule has 0 aliphatic heterocycles. The maximum atomic E-state index is 8.40. The molecule has 1 atom stereocenters. The first-order valence-electron chi connectivity index (χ1n) is 31.5. The van der Waals surface area contributed by atoms with Gasteiger partial charge >= 0.3 is 0 Å². The molecule has 0 N–H and O–H groups in total. The van der Waals surface area contributed by atoms with E-state index in [9.17, 15) is 0 Å². The van der Waals surface area contributed by atoms with Crippen LogP contribution >= 0.6 is 0 Å². The number of nitrogens with zero attached hydrogens (tertiary/aromatic N) is 5. The predicted octanol–water partition coefficient (Wildman–Crippen LogP) is 16.7. The minimum atomic E-state index is -2.39. The van der Waals surface area contributed by atoms with Gasteiger partial charge in [0.05, 0.1) is 0 Å². The minimum absolute atomic E-state index is 0.516. The van der Waals surface area contributed by atoms with Gasteiger partial charge in [-0.05, 0) is 177 Å².